The number of carbonyl (C=O) groups excluding carboxylic acids is 1. The monoisotopic (exact) mass is 393 g/mol. The van der Waals surface area contributed by atoms with E-state index >= 15 is 0 Å². The molecule has 0 radical (unpaired) electrons. The van der Waals surface area contributed by atoms with E-state index in [2.05, 4.69) is 46.4 Å². The molecular formula is C21H23N5OS. The van der Waals surface area contributed by atoms with Crippen LogP contribution in [0.4, 0.5) is 0 Å². The molecule has 1 unspecified atom stereocenters. The van der Waals surface area contributed by atoms with Crippen molar-refractivity contribution in [2.24, 2.45) is 0 Å². The lowest BCUT2D eigenvalue weighted by atomic mass is 10.2. The summed E-state index contributed by atoms with van der Waals surface area (Å²) in [5.74, 6) is 0.918. The zero-order chi connectivity index (χ0) is 19.5. The average Bonchev–Trinajstić information content (AvgIpc) is 3.39. The number of benzene rings is 1. The molecule has 0 spiro atoms. The predicted octanol–water partition coefficient (Wildman–Crippen LogP) is 3.74. The Balaban J connectivity index is 1.69. The molecule has 1 aromatic carbocycles. The van der Waals surface area contributed by atoms with Crippen LogP contribution < -0.4 is 0 Å². The number of aromatic nitrogens is 4. The SMILES string of the molecule is Cc1ccc(-n2c(SC(C)C(=O)N3CCCC3)nnc2-c2ccncc2)cc1. The highest BCUT2D eigenvalue weighted by atomic mass is 32.2. The summed E-state index contributed by atoms with van der Waals surface area (Å²) in [4.78, 5) is 18.8. The molecule has 1 fully saturated rings. The number of rotatable bonds is 5. The Kier molecular flexibility index (Phi) is 5.43. The number of hydrogen-bond acceptors (Lipinski definition) is 5. The van der Waals surface area contributed by atoms with Gasteiger partial charge in [-0.15, -0.1) is 10.2 Å². The van der Waals surface area contributed by atoms with E-state index in [1.165, 1.54) is 17.3 Å². The number of hydrogen-bond donors (Lipinski definition) is 0. The zero-order valence-electron chi connectivity index (χ0n) is 16.1. The topological polar surface area (TPSA) is 63.9 Å². The maximum Gasteiger partial charge on any atom is 0.235 e. The summed E-state index contributed by atoms with van der Waals surface area (Å²) in [6.07, 6.45) is 5.68. The summed E-state index contributed by atoms with van der Waals surface area (Å²) in [5, 5.41) is 9.37. The van der Waals surface area contributed by atoms with Crippen LogP contribution in [0, 0.1) is 6.92 Å². The van der Waals surface area contributed by atoms with Crippen molar-refractivity contribution < 1.29 is 4.79 Å². The smallest absolute Gasteiger partial charge is 0.235 e. The third kappa shape index (κ3) is 3.80. The van der Waals surface area contributed by atoms with Crippen LogP contribution in [0.5, 0.6) is 0 Å². The van der Waals surface area contributed by atoms with E-state index in [0.717, 1.165) is 48.2 Å². The Morgan fingerprint density at radius 2 is 1.71 bits per heavy atom. The standard InChI is InChI=1S/C21H23N5OS/c1-15-5-7-18(8-6-15)26-19(17-9-11-22-12-10-17)23-24-21(26)28-16(2)20(27)25-13-3-4-14-25/h5-12,16H,3-4,13-14H2,1-2H3. The lowest BCUT2D eigenvalue weighted by Crippen LogP contribution is -2.34. The predicted molar refractivity (Wildman–Crippen MR) is 110 cm³/mol. The van der Waals surface area contributed by atoms with Gasteiger partial charge in [-0.3, -0.25) is 14.3 Å². The summed E-state index contributed by atoms with van der Waals surface area (Å²) in [7, 11) is 0. The van der Waals surface area contributed by atoms with Crippen LogP contribution >= 0.6 is 11.8 Å². The van der Waals surface area contributed by atoms with Crippen LogP contribution in [0.2, 0.25) is 0 Å². The van der Waals surface area contributed by atoms with E-state index in [-0.39, 0.29) is 11.2 Å². The van der Waals surface area contributed by atoms with Crippen LogP contribution in [0.1, 0.15) is 25.3 Å². The van der Waals surface area contributed by atoms with Gasteiger partial charge >= 0.3 is 0 Å². The second-order valence-electron chi connectivity index (χ2n) is 7.01. The van der Waals surface area contributed by atoms with E-state index in [4.69, 9.17) is 0 Å². The highest BCUT2D eigenvalue weighted by Crippen LogP contribution is 2.31. The quantitative estimate of drug-likeness (QED) is 0.618. The van der Waals surface area contributed by atoms with Crippen molar-refractivity contribution in [1.29, 1.82) is 0 Å². The highest BCUT2D eigenvalue weighted by molar-refractivity contribution is 8.00. The van der Waals surface area contributed by atoms with Crippen molar-refractivity contribution in [3.63, 3.8) is 0 Å². The Morgan fingerprint density at radius 1 is 1.04 bits per heavy atom. The molecule has 4 rings (SSSR count). The molecule has 1 aliphatic heterocycles. The molecule has 7 heteroatoms. The van der Waals surface area contributed by atoms with Gasteiger partial charge in [-0.2, -0.15) is 0 Å². The Morgan fingerprint density at radius 3 is 2.39 bits per heavy atom. The van der Waals surface area contributed by atoms with E-state index in [1.807, 2.05) is 28.5 Å². The minimum Gasteiger partial charge on any atom is -0.342 e. The Labute approximate surface area is 169 Å². The average molecular weight is 394 g/mol. The first-order valence-corrected chi connectivity index (χ1v) is 10.4. The van der Waals surface area contributed by atoms with Crippen molar-refractivity contribution >= 4 is 17.7 Å². The Hall–Kier alpha value is -2.67. The van der Waals surface area contributed by atoms with Gasteiger partial charge in [0.2, 0.25) is 5.91 Å². The minimum absolute atomic E-state index is 0.173. The van der Waals surface area contributed by atoms with Gasteiger partial charge in [0.25, 0.3) is 0 Å². The molecule has 3 aromatic rings. The van der Waals surface area contributed by atoms with E-state index in [1.54, 1.807) is 12.4 Å². The molecule has 6 nitrogen and oxygen atoms in total. The number of thioether (sulfide) groups is 1. The van der Waals surface area contributed by atoms with Gasteiger partial charge in [-0.05, 0) is 51.0 Å². The van der Waals surface area contributed by atoms with E-state index < -0.39 is 0 Å². The lowest BCUT2D eigenvalue weighted by molar-refractivity contribution is -0.129. The summed E-state index contributed by atoms with van der Waals surface area (Å²) in [6, 6.07) is 12.1. The maximum absolute atomic E-state index is 12.8. The van der Waals surface area contributed by atoms with Crippen LogP contribution in [0.3, 0.4) is 0 Å². The molecule has 0 aliphatic carbocycles. The van der Waals surface area contributed by atoms with Crippen LogP contribution in [0.25, 0.3) is 17.1 Å². The number of pyridine rings is 1. The molecular weight excluding hydrogens is 370 g/mol. The number of carbonyl (C=O) groups is 1. The van der Waals surface area contributed by atoms with Gasteiger partial charge in [-0.25, -0.2) is 0 Å². The van der Waals surface area contributed by atoms with E-state index in [0.29, 0.717) is 0 Å². The number of likely N-dealkylation sites (tertiary alicyclic amines) is 1. The fourth-order valence-corrected chi connectivity index (χ4v) is 4.32. The number of aryl methyl sites for hydroxylation is 1. The lowest BCUT2D eigenvalue weighted by Gasteiger charge is -2.20. The molecule has 3 heterocycles. The fourth-order valence-electron chi connectivity index (χ4n) is 3.36. The molecule has 1 aliphatic rings. The van der Waals surface area contributed by atoms with Gasteiger partial charge in [0, 0.05) is 36.7 Å². The van der Waals surface area contributed by atoms with Crippen LogP contribution in [-0.4, -0.2) is 48.9 Å². The van der Waals surface area contributed by atoms with Crippen LogP contribution in [-0.2, 0) is 4.79 Å². The van der Waals surface area contributed by atoms with Crippen LogP contribution in [0.15, 0.2) is 53.9 Å². The van der Waals surface area contributed by atoms with Gasteiger partial charge in [-0.1, -0.05) is 29.5 Å². The third-order valence-electron chi connectivity index (χ3n) is 4.91. The second kappa shape index (κ2) is 8.14. The Bertz CT molecular complexity index is 949. The normalized spacial score (nSPS) is 15.0. The van der Waals surface area contributed by atoms with Gasteiger partial charge in [0.05, 0.1) is 5.25 Å². The maximum atomic E-state index is 12.8. The molecule has 0 saturated carbocycles. The molecule has 1 saturated heterocycles. The zero-order valence-corrected chi connectivity index (χ0v) is 16.9. The van der Waals surface area contributed by atoms with Gasteiger partial charge in [0.1, 0.15) is 0 Å². The molecule has 28 heavy (non-hydrogen) atoms. The number of nitrogens with zero attached hydrogens (tertiary/aromatic N) is 5. The van der Waals surface area contributed by atoms with Crippen molar-refractivity contribution in [3.8, 4) is 17.1 Å². The summed E-state index contributed by atoms with van der Waals surface area (Å²) >= 11 is 1.46. The number of amides is 1. The van der Waals surface area contributed by atoms with Crippen molar-refractivity contribution in [2.75, 3.05) is 13.1 Å². The molecule has 1 amide bonds. The van der Waals surface area contributed by atoms with Crippen molar-refractivity contribution in [3.05, 3.63) is 54.4 Å². The molecule has 1 atom stereocenters. The first kappa shape index (κ1) is 18.7. The molecule has 0 bridgehead atoms. The van der Waals surface area contributed by atoms with E-state index in [9.17, 15) is 4.79 Å². The van der Waals surface area contributed by atoms with Crippen molar-refractivity contribution in [1.82, 2.24) is 24.6 Å². The third-order valence-corrected chi connectivity index (χ3v) is 5.94. The van der Waals surface area contributed by atoms with Gasteiger partial charge in [0.15, 0.2) is 11.0 Å². The van der Waals surface area contributed by atoms with Gasteiger partial charge < -0.3 is 4.90 Å². The highest BCUT2D eigenvalue weighted by Gasteiger charge is 2.26. The first-order chi connectivity index (χ1) is 13.6. The second-order valence-corrected chi connectivity index (χ2v) is 8.31. The molecule has 2 aromatic heterocycles. The summed E-state index contributed by atoms with van der Waals surface area (Å²) in [6.45, 7) is 5.73. The summed E-state index contributed by atoms with van der Waals surface area (Å²) < 4.78 is 2.02. The largest absolute Gasteiger partial charge is 0.342 e. The first-order valence-electron chi connectivity index (χ1n) is 9.52. The molecule has 144 valence electrons. The van der Waals surface area contributed by atoms with Crippen molar-refractivity contribution in [2.45, 2.75) is 37.1 Å². The summed E-state index contributed by atoms with van der Waals surface area (Å²) in [5.41, 5.74) is 3.10. The fraction of sp³-hybridized carbons (Fsp3) is 0.333. The molecule has 0 N–H and O–H groups in total. The minimum atomic E-state index is -0.211.